The van der Waals surface area contributed by atoms with Crippen LogP contribution in [0.15, 0.2) is 47.7 Å². The highest BCUT2D eigenvalue weighted by Gasteiger charge is 2.22. The van der Waals surface area contributed by atoms with Crippen LogP contribution in [0.2, 0.25) is 0 Å². The van der Waals surface area contributed by atoms with Crippen molar-refractivity contribution in [3.05, 3.63) is 48.3 Å². The Hall–Kier alpha value is -2.50. The third-order valence-corrected chi connectivity index (χ3v) is 4.31. The van der Waals surface area contributed by atoms with Gasteiger partial charge in [-0.2, -0.15) is 5.10 Å². The van der Waals surface area contributed by atoms with E-state index in [2.05, 4.69) is 28.7 Å². The topological polar surface area (TPSA) is 63.5 Å². The zero-order valence-electron chi connectivity index (χ0n) is 15.5. The lowest BCUT2D eigenvalue weighted by molar-refractivity contribution is 0.297. The molecule has 1 aliphatic rings. The summed E-state index contributed by atoms with van der Waals surface area (Å²) >= 11 is 0. The molecular formula is C20H29N5O. The molecule has 1 saturated carbocycles. The second kappa shape index (κ2) is 9.85. The van der Waals surface area contributed by atoms with Crippen molar-refractivity contribution in [2.45, 2.75) is 39.3 Å². The maximum absolute atomic E-state index is 5.97. The number of rotatable bonds is 10. The molecule has 1 aliphatic carbocycles. The minimum atomic E-state index is 0.606. The van der Waals surface area contributed by atoms with E-state index in [1.807, 2.05) is 41.3 Å². The standard InChI is InChI=1S/C20H29N5O/c1-2-21-20(22-11-5-13-25-14-6-12-24-25)23-15-18-7-3-4-8-19(18)26-16-17-9-10-17/h3-4,6-8,12,14,17H,2,5,9-11,13,15-16H2,1H3,(H2,21,22,23). The minimum absolute atomic E-state index is 0.606. The normalized spacial score (nSPS) is 14.3. The van der Waals surface area contributed by atoms with Gasteiger partial charge in [0.05, 0.1) is 13.2 Å². The predicted molar refractivity (Wildman–Crippen MR) is 104 cm³/mol. The Kier molecular flexibility index (Phi) is 6.93. The molecule has 1 heterocycles. The quantitative estimate of drug-likeness (QED) is 0.391. The van der Waals surface area contributed by atoms with Crippen LogP contribution in [0.3, 0.4) is 0 Å². The Labute approximate surface area is 155 Å². The van der Waals surface area contributed by atoms with E-state index in [4.69, 9.17) is 9.73 Å². The number of para-hydroxylation sites is 1. The molecule has 2 N–H and O–H groups in total. The van der Waals surface area contributed by atoms with Crippen LogP contribution in [0.4, 0.5) is 0 Å². The lowest BCUT2D eigenvalue weighted by Crippen LogP contribution is -2.38. The largest absolute Gasteiger partial charge is 0.493 e. The van der Waals surface area contributed by atoms with Gasteiger partial charge in [0.15, 0.2) is 5.96 Å². The molecule has 0 unspecified atom stereocenters. The number of hydrogen-bond acceptors (Lipinski definition) is 3. The second-order valence-electron chi connectivity index (χ2n) is 6.61. The van der Waals surface area contributed by atoms with Crippen molar-refractivity contribution in [2.75, 3.05) is 19.7 Å². The van der Waals surface area contributed by atoms with Crippen LogP contribution >= 0.6 is 0 Å². The van der Waals surface area contributed by atoms with E-state index in [9.17, 15) is 0 Å². The summed E-state index contributed by atoms with van der Waals surface area (Å²) in [5, 5.41) is 10.9. The molecule has 0 bridgehead atoms. The molecule has 0 saturated heterocycles. The first-order valence-corrected chi connectivity index (χ1v) is 9.55. The number of benzene rings is 1. The molecule has 0 aliphatic heterocycles. The number of aliphatic imine (C=N–C) groups is 1. The van der Waals surface area contributed by atoms with Crippen LogP contribution < -0.4 is 15.4 Å². The number of aryl methyl sites for hydroxylation is 1. The Morgan fingerprint density at radius 1 is 1.27 bits per heavy atom. The first-order valence-electron chi connectivity index (χ1n) is 9.55. The highest BCUT2D eigenvalue weighted by Crippen LogP contribution is 2.30. The summed E-state index contributed by atoms with van der Waals surface area (Å²) in [6.07, 6.45) is 7.38. The van der Waals surface area contributed by atoms with Gasteiger partial charge < -0.3 is 15.4 Å². The number of ether oxygens (including phenoxy) is 1. The van der Waals surface area contributed by atoms with Crippen LogP contribution in [-0.2, 0) is 13.1 Å². The second-order valence-corrected chi connectivity index (χ2v) is 6.61. The number of hydrogen-bond donors (Lipinski definition) is 2. The molecule has 140 valence electrons. The summed E-state index contributed by atoms with van der Waals surface area (Å²) in [4.78, 5) is 4.71. The van der Waals surface area contributed by atoms with E-state index in [0.29, 0.717) is 6.54 Å². The lowest BCUT2D eigenvalue weighted by atomic mass is 10.2. The third kappa shape index (κ3) is 6.10. The van der Waals surface area contributed by atoms with E-state index < -0.39 is 0 Å². The van der Waals surface area contributed by atoms with Crippen molar-refractivity contribution in [1.29, 1.82) is 0 Å². The SMILES string of the molecule is CCNC(=NCc1ccccc1OCC1CC1)NCCCn1cccn1. The maximum atomic E-state index is 5.97. The fourth-order valence-electron chi connectivity index (χ4n) is 2.65. The van der Waals surface area contributed by atoms with E-state index in [0.717, 1.165) is 55.9 Å². The Balaban J connectivity index is 1.49. The summed E-state index contributed by atoms with van der Waals surface area (Å²) in [6.45, 7) is 6.10. The molecule has 3 rings (SSSR count). The van der Waals surface area contributed by atoms with Crippen molar-refractivity contribution in [2.24, 2.45) is 10.9 Å². The summed E-state index contributed by atoms with van der Waals surface area (Å²) in [7, 11) is 0. The average Bonchev–Trinajstić information content (AvgIpc) is 3.35. The van der Waals surface area contributed by atoms with Gasteiger partial charge in [0.25, 0.3) is 0 Å². The van der Waals surface area contributed by atoms with E-state index in [1.54, 1.807) is 0 Å². The summed E-state index contributed by atoms with van der Waals surface area (Å²) < 4.78 is 7.92. The molecule has 6 heteroatoms. The molecule has 2 aromatic rings. The summed E-state index contributed by atoms with van der Waals surface area (Å²) in [5.41, 5.74) is 1.13. The molecule has 0 spiro atoms. The van der Waals surface area contributed by atoms with E-state index in [-0.39, 0.29) is 0 Å². The monoisotopic (exact) mass is 355 g/mol. The fourth-order valence-corrected chi connectivity index (χ4v) is 2.65. The minimum Gasteiger partial charge on any atom is -0.493 e. The van der Waals surface area contributed by atoms with Gasteiger partial charge in [-0.05, 0) is 44.2 Å². The molecule has 1 aromatic carbocycles. The van der Waals surface area contributed by atoms with Crippen molar-refractivity contribution < 1.29 is 4.74 Å². The van der Waals surface area contributed by atoms with Gasteiger partial charge in [-0.15, -0.1) is 0 Å². The van der Waals surface area contributed by atoms with Gasteiger partial charge in [0.1, 0.15) is 5.75 Å². The number of nitrogens with one attached hydrogen (secondary N) is 2. The summed E-state index contributed by atoms with van der Waals surface area (Å²) in [5.74, 6) is 2.54. The first-order chi connectivity index (χ1) is 12.8. The molecule has 1 fully saturated rings. The van der Waals surface area contributed by atoms with Gasteiger partial charge in [-0.1, -0.05) is 18.2 Å². The van der Waals surface area contributed by atoms with Crippen molar-refractivity contribution >= 4 is 5.96 Å². The zero-order valence-corrected chi connectivity index (χ0v) is 15.5. The third-order valence-electron chi connectivity index (χ3n) is 4.31. The highest BCUT2D eigenvalue weighted by molar-refractivity contribution is 5.79. The average molecular weight is 355 g/mol. The fraction of sp³-hybridized carbons (Fsp3) is 0.500. The van der Waals surface area contributed by atoms with Gasteiger partial charge in [-0.3, -0.25) is 4.68 Å². The molecule has 6 nitrogen and oxygen atoms in total. The van der Waals surface area contributed by atoms with Crippen LogP contribution in [0.25, 0.3) is 0 Å². The van der Waals surface area contributed by atoms with E-state index >= 15 is 0 Å². The number of nitrogens with zero attached hydrogens (tertiary/aromatic N) is 3. The van der Waals surface area contributed by atoms with Crippen molar-refractivity contribution in [3.63, 3.8) is 0 Å². The van der Waals surface area contributed by atoms with Crippen LogP contribution in [0, 0.1) is 5.92 Å². The molecule has 0 amide bonds. The van der Waals surface area contributed by atoms with Crippen LogP contribution in [-0.4, -0.2) is 35.4 Å². The lowest BCUT2D eigenvalue weighted by Gasteiger charge is -2.13. The van der Waals surface area contributed by atoms with Gasteiger partial charge in [0, 0.05) is 37.6 Å². The van der Waals surface area contributed by atoms with Crippen LogP contribution in [0.5, 0.6) is 5.75 Å². The zero-order chi connectivity index (χ0) is 18.0. The molecule has 0 atom stereocenters. The van der Waals surface area contributed by atoms with Crippen molar-refractivity contribution in [3.8, 4) is 5.75 Å². The molecule has 1 aromatic heterocycles. The smallest absolute Gasteiger partial charge is 0.191 e. The Bertz CT molecular complexity index is 679. The van der Waals surface area contributed by atoms with Gasteiger partial charge >= 0.3 is 0 Å². The van der Waals surface area contributed by atoms with Crippen LogP contribution in [0.1, 0.15) is 31.7 Å². The first kappa shape index (κ1) is 18.3. The Morgan fingerprint density at radius 2 is 2.15 bits per heavy atom. The molecule has 26 heavy (non-hydrogen) atoms. The summed E-state index contributed by atoms with van der Waals surface area (Å²) in [6, 6.07) is 10.1. The number of aromatic nitrogens is 2. The highest BCUT2D eigenvalue weighted by atomic mass is 16.5. The molecular weight excluding hydrogens is 326 g/mol. The molecule has 0 radical (unpaired) electrons. The Morgan fingerprint density at radius 3 is 2.92 bits per heavy atom. The number of guanidine groups is 1. The maximum Gasteiger partial charge on any atom is 0.191 e. The van der Waals surface area contributed by atoms with E-state index in [1.165, 1.54) is 12.8 Å². The van der Waals surface area contributed by atoms with Crippen molar-refractivity contribution in [1.82, 2.24) is 20.4 Å². The predicted octanol–water partition coefficient (Wildman–Crippen LogP) is 2.82. The van der Waals surface area contributed by atoms with Gasteiger partial charge in [0.2, 0.25) is 0 Å². The van der Waals surface area contributed by atoms with Gasteiger partial charge in [-0.25, -0.2) is 4.99 Å².